The van der Waals surface area contributed by atoms with Gasteiger partial charge in [-0.3, -0.25) is 4.79 Å². The number of nitrogens with one attached hydrogen (secondary N) is 1. The van der Waals surface area contributed by atoms with Crippen molar-refractivity contribution in [1.82, 2.24) is 5.32 Å². The third kappa shape index (κ3) is 4.89. The van der Waals surface area contributed by atoms with Crippen molar-refractivity contribution in [2.75, 3.05) is 7.11 Å². The summed E-state index contributed by atoms with van der Waals surface area (Å²) in [7, 11) is 1.62. The molecular formula is C18H20ClNO3. The smallest absolute Gasteiger partial charge is 0.261 e. The maximum absolute atomic E-state index is 12.3. The van der Waals surface area contributed by atoms with Crippen molar-refractivity contribution in [1.29, 1.82) is 0 Å². The fourth-order valence-electron chi connectivity index (χ4n) is 2.06. The van der Waals surface area contributed by atoms with Crippen LogP contribution in [-0.2, 0) is 11.3 Å². The van der Waals surface area contributed by atoms with Gasteiger partial charge in [0.1, 0.15) is 11.5 Å². The summed E-state index contributed by atoms with van der Waals surface area (Å²) in [6.45, 7) is 2.33. The lowest BCUT2D eigenvalue weighted by Gasteiger charge is -2.18. The van der Waals surface area contributed by atoms with Gasteiger partial charge < -0.3 is 14.8 Å². The minimum atomic E-state index is -0.576. The molecule has 0 unspecified atom stereocenters. The Morgan fingerprint density at radius 3 is 2.48 bits per heavy atom. The van der Waals surface area contributed by atoms with Crippen LogP contribution in [0.15, 0.2) is 48.5 Å². The Morgan fingerprint density at radius 1 is 1.17 bits per heavy atom. The average Bonchev–Trinajstić information content (AvgIpc) is 2.59. The molecule has 2 aromatic carbocycles. The Balaban J connectivity index is 1.93. The van der Waals surface area contributed by atoms with Crippen LogP contribution in [0.4, 0.5) is 0 Å². The number of amides is 1. The molecule has 0 saturated carbocycles. The van der Waals surface area contributed by atoms with Gasteiger partial charge in [0.25, 0.3) is 5.91 Å². The van der Waals surface area contributed by atoms with Crippen molar-refractivity contribution in [2.24, 2.45) is 0 Å². The van der Waals surface area contributed by atoms with E-state index in [0.29, 0.717) is 23.7 Å². The molecule has 0 heterocycles. The highest BCUT2D eigenvalue weighted by Crippen LogP contribution is 2.24. The summed E-state index contributed by atoms with van der Waals surface area (Å²) in [5, 5.41) is 3.37. The van der Waals surface area contributed by atoms with Gasteiger partial charge in [-0.1, -0.05) is 42.8 Å². The van der Waals surface area contributed by atoms with Gasteiger partial charge in [-0.15, -0.1) is 0 Å². The molecule has 2 aromatic rings. The van der Waals surface area contributed by atoms with E-state index >= 15 is 0 Å². The summed E-state index contributed by atoms with van der Waals surface area (Å²) < 4.78 is 10.8. The predicted octanol–water partition coefficient (Wildman–Crippen LogP) is 3.82. The molecule has 0 saturated heterocycles. The topological polar surface area (TPSA) is 47.6 Å². The summed E-state index contributed by atoms with van der Waals surface area (Å²) in [6.07, 6.45) is -0.0206. The van der Waals surface area contributed by atoms with Crippen LogP contribution in [0.5, 0.6) is 11.5 Å². The van der Waals surface area contributed by atoms with E-state index in [9.17, 15) is 4.79 Å². The van der Waals surface area contributed by atoms with Crippen molar-refractivity contribution in [3.63, 3.8) is 0 Å². The number of carbonyl (C=O) groups excluding carboxylic acids is 1. The maximum Gasteiger partial charge on any atom is 0.261 e. The Morgan fingerprint density at radius 2 is 1.87 bits per heavy atom. The zero-order valence-electron chi connectivity index (χ0n) is 13.2. The molecular weight excluding hydrogens is 314 g/mol. The number of halogens is 1. The second kappa shape index (κ2) is 8.44. The van der Waals surface area contributed by atoms with Crippen LogP contribution in [0, 0.1) is 0 Å². The Hall–Kier alpha value is -2.20. The molecule has 0 bridgehead atoms. The number of hydrogen-bond acceptors (Lipinski definition) is 3. The van der Waals surface area contributed by atoms with E-state index in [-0.39, 0.29) is 5.91 Å². The lowest BCUT2D eigenvalue weighted by atomic mass is 10.2. The van der Waals surface area contributed by atoms with Crippen molar-refractivity contribution >= 4 is 17.5 Å². The molecule has 0 aromatic heterocycles. The summed E-state index contributed by atoms with van der Waals surface area (Å²) >= 11 is 6.06. The number of methoxy groups -OCH3 is 1. The molecule has 0 aliphatic heterocycles. The molecule has 1 atom stereocenters. The average molecular weight is 334 g/mol. The van der Waals surface area contributed by atoms with Crippen LogP contribution in [0.2, 0.25) is 5.02 Å². The third-order valence-electron chi connectivity index (χ3n) is 3.39. The second-order valence-electron chi connectivity index (χ2n) is 5.01. The standard InChI is InChI=1S/C18H20ClNO3/c1-3-16(23-17-7-5-4-6-15(17)19)18(21)20-12-13-8-10-14(22-2)11-9-13/h4-11,16H,3,12H2,1-2H3,(H,20,21)/t16-/m1/s1. The first-order valence-corrected chi connectivity index (χ1v) is 7.83. The molecule has 1 amide bonds. The number of carbonyl (C=O) groups is 1. The van der Waals surface area contributed by atoms with E-state index in [4.69, 9.17) is 21.1 Å². The largest absolute Gasteiger partial charge is 0.497 e. The molecule has 0 radical (unpaired) electrons. The van der Waals surface area contributed by atoms with Gasteiger partial charge >= 0.3 is 0 Å². The molecule has 1 N–H and O–H groups in total. The summed E-state index contributed by atoms with van der Waals surface area (Å²) in [6, 6.07) is 14.7. The summed E-state index contributed by atoms with van der Waals surface area (Å²) in [5.74, 6) is 1.14. The highest BCUT2D eigenvalue weighted by Gasteiger charge is 2.19. The maximum atomic E-state index is 12.3. The molecule has 0 aliphatic rings. The lowest BCUT2D eigenvalue weighted by Crippen LogP contribution is -2.37. The quantitative estimate of drug-likeness (QED) is 0.837. The van der Waals surface area contributed by atoms with Gasteiger partial charge in [-0.25, -0.2) is 0 Å². The molecule has 0 fully saturated rings. The van der Waals surface area contributed by atoms with Gasteiger partial charge in [0.2, 0.25) is 0 Å². The van der Waals surface area contributed by atoms with Gasteiger partial charge in [0, 0.05) is 6.54 Å². The van der Waals surface area contributed by atoms with Crippen LogP contribution in [0.3, 0.4) is 0 Å². The van der Waals surface area contributed by atoms with Gasteiger partial charge in [-0.2, -0.15) is 0 Å². The van der Waals surface area contributed by atoms with E-state index in [0.717, 1.165) is 11.3 Å². The number of benzene rings is 2. The predicted molar refractivity (Wildman–Crippen MR) is 91.0 cm³/mol. The Labute approximate surface area is 141 Å². The van der Waals surface area contributed by atoms with Crippen LogP contribution in [-0.4, -0.2) is 19.1 Å². The van der Waals surface area contributed by atoms with E-state index in [1.165, 1.54) is 0 Å². The fourth-order valence-corrected chi connectivity index (χ4v) is 2.24. The van der Waals surface area contributed by atoms with Gasteiger partial charge in [0.15, 0.2) is 6.10 Å². The minimum Gasteiger partial charge on any atom is -0.497 e. The van der Waals surface area contributed by atoms with Crippen molar-refractivity contribution in [2.45, 2.75) is 26.0 Å². The first-order chi connectivity index (χ1) is 11.1. The van der Waals surface area contributed by atoms with Crippen molar-refractivity contribution in [3.05, 3.63) is 59.1 Å². The van der Waals surface area contributed by atoms with Crippen LogP contribution in [0.1, 0.15) is 18.9 Å². The Bertz CT molecular complexity index is 643. The van der Waals surface area contributed by atoms with E-state index in [1.54, 1.807) is 19.2 Å². The first-order valence-electron chi connectivity index (χ1n) is 7.46. The van der Waals surface area contributed by atoms with Gasteiger partial charge in [-0.05, 0) is 36.2 Å². The van der Waals surface area contributed by atoms with E-state index in [2.05, 4.69) is 5.32 Å². The highest BCUT2D eigenvalue weighted by molar-refractivity contribution is 6.32. The van der Waals surface area contributed by atoms with Crippen LogP contribution >= 0.6 is 11.6 Å². The summed E-state index contributed by atoms with van der Waals surface area (Å²) in [5.41, 5.74) is 0.992. The third-order valence-corrected chi connectivity index (χ3v) is 3.71. The monoisotopic (exact) mass is 333 g/mol. The molecule has 23 heavy (non-hydrogen) atoms. The molecule has 4 nitrogen and oxygen atoms in total. The number of ether oxygens (including phenoxy) is 2. The number of hydrogen-bond donors (Lipinski definition) is 1. The number of rotatable bonds is 7. The highest BCUT2D eigenvalue weighted by atomic mass is 35.5. The second-order valence-corrected chi connectivity index (χ2v) is 5.42. The normalized spacial score (nSPS) is 11.6. The van der Waals surface area contributed by atoms with Crippen LogP contribution < -0.4 is 14.8 Å². The zero-order chi connectivity index (χ0) is 16.7. The first kappa shape index (κ1) is 17.2. The van der Waals surface area contributed by atoms with Crippen molar-refractivity contribution < 1.29 is 14.3 Å². The minimum absolute atomic E-state index is 0.164. The number of para-hydroxylation sites is 1. The zero-order valence-corrected chi connectivity index (χ0v) is 14.0. The van der Waals surface area contributed by atoms with Crippen molar-refractivity contribution in [3.8, 4) is 11.5 Å². The Kier molecular flexibility index (Phi) is 6.29. The van der Waals surface area contributed by atoms with E-state index in [1.807, 2.05) is 43.3 Å². The summed E-state index contributed by atoms with van der Waals surface area (Å²) in [4.78, 5) is 12.3. The molecule has 0 spiro atoms. The van der Waals surface area contributed by atoms with Gasteiger partial charge in [0.05, 0.1) is 12.1 Å². The molecule has 122 valence electrons. The van der Waals surface area contributed by atoms with E-state index < -0.39 is 6.10 Å². The SMILES string of the molecule is CC[C@@H](Oc1ccccc1Cl)C(=O)NCc1ccc(OC)cc1. The molecule has 0 aliphatic carbocycles. The lowest BCUT2D eigenvalue weighted by molar-refractivity contribution is -0.128. The fraction of sp³-hybridized carbons (Fsp3) is 0.278. The molecule has 5 heteroatoms. The molecule has 2 rings (SSSR count). The van der Waals surface area contributed by atoms with Crippen LogP contribution in [0.25, 0.3) is 0 Å².